The zero-order chi connectivity index (χ0) is 16.6. The Labute approximate surface area is 133 Å². The van der Waals surface area contributed by atoms with Gasteiger partial charge in [-0.2, -0.15) is 0 Å². The fourth-order valence-corrected chi connectivity index (χ4v) is 3.25. The van der Waals surface area contributed by atoms with Crippen LogP contribution in [-0.2, 0) is 9.47 Å². The molecule has 2 aliphatic rings. The summed E-state index contributed by atoms with van der Waals surface area (Å²) in [4.78, 5) is 12.3. The average Bonchev–Trinajstić information content (AvgIpc) is 2.95. The van der Waals surface area contributed by atoms with Crippen molar-refractivity contribution in [1.82, 2.24) is 0 Å². The van der Waals surface area contributed by atoms with E-state index in [0.717, 1.165) is 0 Å². The van der Waals surface area contributed by atoms with Crippen molar-refractivity contribution >= 4 is 5.97 Å². The zero-order valence-corrected chi connectivity index (χ0v) is 13.1. The van der Waals surface area contributed by atoms with Gasteiger partial charge in [-0.05, 0) is 18.9 Å². The van der Waals surface area contributed by atoms with Crippen molar-refractivity contribution in [3.8, 4) is 17.2 Å². The Morgan fingerprint density at radius 1 is 1.35 bits per heavy atom. The van der Waals surface area contributed by atoms with Crippen molar-refractivity contribution in [3.05, 3.63) is 17.2 Å². The predicted molar refractivity (Wildman–Crippen MR) is 79.0 cm³/mol. The van der Waals surface area contributed by atoms with Crippen molar-refractivity contribution in [2.24, 2.45) is 0 Å². The maximum Gasteiger partial charge on any atom is 0.342 e. The van der Waals surface area contributed by atoms with Crippen LogP contribution in [0, 0.1) is 0 Å². The summed E-state index contributed by atoms with van der Waals surface area (Å²) in [6, 6.07) is 1.65. The number of hydrogen-bond acceptors (Lipinski definition) is 7. The SMILES string of the molecule is COc1cc2c(c(O)c1OC)C(=O)O[C@@H]1C[C@H](CCCO)O[C@H]21. The van der Waals surface area contributed by atoms with Crippen molar-refractivity contribution in [2.45, 2.75) is 37.6 Å². The lowest BCUT2D eigenvalue weighted by Crippen LogP contribution is -2.29. The van der Waals surface area contributed by atoms with Crippen molar-refractivity contribution in [1.29, 1.82) is 0 Å². The Morgan fingerprint density at radius 2 is 2.13 bits per heavy atom. The molecule has 7 heteroatoms. The fraction of sp³-hybridized carbons (Fsp3) is 0.562. The number of methoxy groups -OCH3 is 2. The third-order valence-corrected chi connectivity index (χ3v) is 4.30. The lowest BCUT2D eigenvalue weighted by Gasteiger charge is -2.28. The molecular formula is C16H20O7. The molecule has 2 N–H and O–H groups in total. The molecule has 1 aromatic rings. The lowest BCUT2D eigenvalue weighted by molar-refractivity contribution is -0.0241. The zero-order valence-electron chi connectivity index (χ0n) is 13.1. The smallest absolute Gasteiger partial charge is 0.342 e. The maximum absolute atomic E-state index is 12.3. The number of aromatic hydroxyl groups is 1. The Hall–Kier alpha value is -1.99. The number of hydrogen-bond donors (Lipinski definition) is 2. The van der Waals surface area contributed by atoms with Gasteiger partial charge in [0.15, 0.2) is 11.5 Å². The molecule has 7 nitrogen and oxygen atoms in total. The summed E-state index contributed by atoms with van der Waals surface area (Å²) < 4.78 is 21.7. The van der Waals surface area contributed by atoms with E-state index in [1.54, 1.807) is 6.07 Å². The molecule has 0 aliphatic carbocycles. The first-order valence-corrected chi connectivity index (χ1v) is 7.55. The fourth-order valence-electron chi connectivity index (χ4n) is 3.25. The van der Waals surface area contributed by atoms with Crippen LogP contribution in [0.4, 0.5) is 0 Å². The van der Waals surface area contributed by atoms with Gasteiger partial charge in [0.25, 0.3) is 0 Å². The van der Waals surface area contributed by atoms with Gasteiger partial charge < -0.3 is 29.2 Å². The number of aliphatic hydroxyl groups is 1. The van der Waals surface area contributed by atoms with Crippen LogP contribution in [0.1, 0.15) is 41.3 Å². The molecule has 0 radical (unpaired) electrons. The first kappa shape index (κ1) is 15.9. The number of aliphatic hydroxyl groups excluding tert-OH is 1. The summed E-state index contributed by atoms with van der Waals surface area (Å²) in [5.74, 6) is -0.463. The molecule has 3 rings (SSSR count). The van der Waals surface area contributed by atoms with E-state index in [-0.39, 0.29) is 29.8 Å². The third-order valence-electron chi connectivity index (χ3n) is 4.30. The number of carbonyl (C=O) groups is 1. The highest BCUT2D eigenvalue weighted by Crippen LogP contribution is 2.49. The minimum atomic E-state index is -0.592. The highest BCUT2D eigenvalue weighted by molar-refractivity contribution is 5.97. The molecule has 0 aromatic heterocycles. The molecule has 0 saturated carbocycles. The Bertz CT molecular complexity index is 613. The molecule has 0 spiro atoms. The lowest BCUT2D eigenvalue weighted by atomic mass is 9.93. The maximum atomic E-state index is 12.3. The molecule has 3 atom stereocenters. The van der Waals surface area contributed by atoms with Gasteiger partial charge in [-0.3, -0.25) is 0 Å². The standard InChI is InChI=1S/C16H20O7/c1-20-10-7-9-12(13(18)15(10)21-2)16(19)23-11-6-8(4-3-5-17)22-14(9)11/h7-8,11,14,17-18H,3-6H2,1-2H3/t8-,11+,14+/m0/s1. The number of carbonyl (C=O) groups excluding carboxylic acids is 1. The van der Waals surface area contributed by atoms with E-state index in [1.807, 2.05) is 0 Å². The molecule has 2 aliphatic heterocycles. The number of ether oxygens (including phenoxy) is 4. The van der Waals surface area contributed by atoms with Crippen LogP contribution < -0.4 is 9.47 Å². The van der Waals surface area contributed by atoms with E-state index in [1.165, 1.54) is 14.2 Å². The van der Waals surface area contributed by atoms with E-state index in [2.05, 4.69) is 0 Å². The molecular weight excluding hydrogens is 304 g/mol. The number of phenolic OH excluding ortho intramolecular Hbond substituents is 1. The third kappa shape index (κ3) is 2.60. The summed E-state index contributed by atoms with van der Waals surface area (Å²) in [5.41, 5.74) is 0.611. The molecule has 126 valence electrons. The van der Waals surface area contributed by atoms with Gasteiger partial charge in [0.05, 0.1) is 20.3 Å². The second-order valence-corrected chi connectivity index (χ2v) is 5.65. The molecule has 0 amide bonds. The first-order chi connectivity index (χ1) is 11.1. The molecule has 1 saturated heterocycles. The normalized spacial score (nSPS) is 25.5. The monoisotopic (exact) mass is 324 g/mol. The summed E-state index contributed by atoms with van der Waals surface area (Å²) >= 11 is 0. The summed E-state index contributed by atoms with van der Waals surface area (Å²) in [6.45, 7) is 0.0946. The van der Waals surface area contributed by atoms with Gasteiger partial charge in [0.1, 0.15) is 17.8 Å². The van der Waals surface area contributed by atoms with E-state index >= 15 is 0 Å². The van der Waals surface area contributed by atoms with Gasteiger partial charge in [-0.15, -0.1) is 0 Å². The molecule has 0 bridgehead atoms. The van der Waals surface area contributed by atoms with Crippen LogP contribution >= 0.6 is 0 Å². The average molecular weight is 324 g/mol. The summed E-state index contributed by atoms with van der Waals surface area (Å²) in [5, 5.41) is 19.3. The highest BCUT2D eigenvalue weighted by Gasteiger charge is 2.46. The van der Waals surface area contributed by atoms with Crippen molar-refractivity contribution in [2.75, 3.05) is 20.8 Å². The van der Waals surface area contributed by atoms with Crippen LogP contribution in [-0.4, -0.2) is 49.2 Å². The van der Waals surface area contributed by atoms with Crippen LogP contribution in [0.3, 0.4) is 0 Å². The van der Waals surface area contributed by atoms with Gasteiger partial charge in [-0.25, -0.2) is 4.79 Å². The number of benzene rings is 1. The largest absolute Gasteiger partial charge is 0.504 e. The Balaban J connectivity index is 1.99. The van der Waals surface area contributed by atoms with Crippen LogP contribution in [0.2, 0.25) is 0 Å². The van der Waals surface area contributed by atoms with Gasteiger partial charge in [-0.1, -0.05) is 0 Å². The van der Waals surface area contributed by atoms with Crippen LogP contribution in [0.5, 0.6) is 17.2 Å². The first-order valence-electron chi connectivity index (χ1n) is 7.55. The summed E-state index contributed by atoms with van der Waals surface area (Å²) in [6.07, 6.45) is 0.960. The highest BCUT2D eigenvalue weighted by atomic mass is 16.6. The Morgan fingerprint density at radius 3 is 2.78 bits per heavy atom. The van der Waals surface area contributed by atoms with Crippen LogP contribution in [0.15, 0.2) is 6.07 Å². The topological polar surface area (TPSA) is 94.5 Å². The summed E-state index contributed by atoms with van der Waals surface area (Å²) in [7, 11) is 2.85. The van der Waals surface area contributed by atoms with E-state index in [0.29, 0.717) is 30.6 Å². The minimum absolute atomic E-state index is 0.0618. The van der Waals surface area contributed by atoms with Crippen LogP contribution in [0.25, 0.3) is 0 Å². The Kier molecular flexibility index (Phi) is 4.32. The number of rotatable bonds is 5. The van der Waals surface area contributed by atoms with E-state index in [4.69, 9.17) is 24.1 Å². The van der Waals surface area contributed by atoms with Crippen molar-refractivity contribution in [3.63, 3.8) is 0 Å². The van der Waals surface area contributed by atoms with Gasteiger partial charge in [0.2, 0.25) is 5.75 Å². The second kappa shape index (κ2) is 6.25. The van der Waals surface area contributed by atoms with E-state index in [9.17, 15) is 9.90 Å². The molecule has 1 fully saturated rings. The minimum Gasteiger partial charge on any atom is -0.504 e. The quantitative estimate of drug-likeness (QED) is 0.794. The second-order valence-electron chi connectivity index (χ2n) is 5.65. The van der Waals surface area contributed by atoms with Gasteiger partial charge >= 0.3 is 5.97 Å². The van der Waals surface area contributed by atoms with E-state index < -0.39 is 18.2 Å². The van der Waals surface area contributed by atoms with Gasteiger partial charge in [0, 0.05) is 18.6 Å². The van der Waals surface area contributed by atoms with Crippen molar-refractivity contribution < 1.29 is 34.0 Å². The molecule has 1 aromatic carbocycles. The number of fused-ring (bicyclic) bond motifs is 3. The molecule has 2 heterocycles. The predicted octanol–water partition coefficient (Wildman–Crippen LogP) is 1.55. The number of esters is 1. The molecule has 0 unspecified atom stereocenters. The number of phenols is 1. The molecule has 23 heavy (non-hydrogen) atoms.